The van der Waals surface area contributed by atoms with E-state index in [1.807, 2.05) is 25.1 Å². The lowest BCUT2D eigenvalue weighted by Gasteiger charge is -2.10. The number of aryl methyl sites for hydroxylation is 1. The third-order valence-corrected chi connectivity index (χ3v) is 3.09. The molecule has 2 aromatic rings. The summed E-state index contributed by atoms with van der Waals surface area (Å²) in [5.41, 5.74) is 2.10. The van der Waals surface area contributed by atoms with Crippen molar-refractivity contribution in [1.82, 2.24) is 15.2 Å². The first kappa shape index (κ1) is 14.7. The smallest absolute Gasteiger partial charge is 0.244 e. The van der Waals surface area contributed by atoms with E-state index < -0.39 is 0 Å². The molecule has 1 aromatic carbocycles. The Morgan fingerprint density at radius 3 is 2.95 bits per heavy atom. The second kappa shape index (κ2) is 7.16. The van der Waals surface area contributed by atoms with Crippen LogP contribution in [0.4, 0.5) is 17.5 Å². The first-order chi connectivity index (χ1) is 9.69. The summed E-state index contributed by atoms with van der Waals surface area (Å²) >= 11 is 3.44. The normalized spacial score (nSPS) is 10.3. The molecule has 106 valence electrons. The Bertz CT molecular complexity index is 578. The van der Waals surface area contributed by atoms with Crippen LogP contribution in [0.25, 0.3) is 0 Å². The minimum Gasteiger partial charge on any atom is -0.383 e. The number of methoxy groups -OCH3 is 1. The van der Waals surface area contributed by atoms with Gasteiger partial charge in [0, 0.05) is 23.8 Å². The summed E-state index contributed by atoms with van der Waals surface area (Å²) in [5, 5.41) is 14.1. The molecule has 0 saturated heterocycles. The highest BCUT2D eigenvalue weighted by Crippen LogP contribution is 2.22. The van der Waals surface area contributed by atoms with E-state index in [1.54, 1.807) is 13.3 Å². The molecule has 1 aromatic heterocycles. The van der Waals surface area contributed by atoms with Gasteiger partial charge in [-0.1, -0.05) is 15.9 Å². The molecule has 0 unspecified atom stereocenters. The standard InChI is InChI=1S/C13H16BrN5O/c1-9-7-10(14)3-4-11(9)17-12-8-16-19-13(18-12)15-5-6-20-2/h3-4,7-8H,5-6H2,1-2H3,(H2,15,17,18,19). The van der Waals surface area contributed by atoms with Crippen LogP contribution in [0.15, 0.2) is 28.9 Å². The van der Waals surface area contributed by atoms with Crippen LogP contribution >= 0.6 is 15.9 Å². The zero-order valence-electron chi connectivity index (χ0n) is 11.4. The van der Waals surface area contributed by atoms with Crippen LogP contribution in [-0.4, -0.2) is 35.4 Å². The van der Waals surface area contributed by atoms with E-state index in [4.69, 9.17) is 4.74 Å². The maximum atomic E-state index is 4.96. The molecule has 1 heterocycles. The first-order valence-electron chi connectivity index (χ1n) is 6.15. The lowest BCUT2D eigenvalue weighted by Crippen LogP contribution is -2.11. The fourth-order valence-corrected chi connectivity index (χ4v) is 2.08. The Balaban J connectivity index is 2.07. The number of rotatable bonds is 6. The van der Waals surface area contributed by atoms with E-state index >= 15 is 0 Å². The highest BCUT2D eigenvalue weighted by atomic mass is 79.9. The molecule has 0 spiro atoms. The average Bonchev–Trinajstić information content (AvgIpc) is 2.43. The van der Waals surface area contributed by atoms with Crippen LogP contribution in [0.2, 0.25) is 0 Å². The fourth-order valence-electron chi connectivity index (χ4n) is 1.61. The number of ether oxygens (including phenoxy) is 1. The van der Waals surface area contributed by atoms with Crippen LogP contribution in [0.1, 0.15) is 5.56 Å². The SMILES string of the molecule is COCCNc1nncc(Nc2ccc(Br)cc2C)n1. The van der Waals surface area contributed by atoms with Gasteiger partial charge in [0.05, 0.1) is 12.8 Å². The minimum absolute atomic E-state index is 0.474. The molecular weight excluding hydrogens is 322 g/mol. The Hall–Kier alpha value is -1.73. The van der Waals surface area contributed by atoms with Crippen molar-refractivity contribution in [1.29, 1.82) is 0 Å². The molecule has 0 amide bonds. The van der Waals surface area contributed by atoms with Crippen molar-refractivity contribution in [3.8, 4) is 0 Å². The van der Waals surface area contributed by atoms with Crippen molar-refractivity contribution in [2.45, 2.75) is 6.92 Å². The van der Waals surface area contributed by atoms with E-state index in [0.717, 1.165) is 15.7 Å². The van der Waals surface area contributed by atoms with Crippen molar-refractivity contribution in [2.24, 2.45) is 0 Å². The van der Waals surface area contributed by atoms with E-state index in [9.17, 15) is 0 Å². The van der Waals surface area contributed by atoms with Gasteiger partial charge in [-0.3, -0.25) is 0 Å². The van der Waals surface area contributed by atoms with Crippen LogP contribution in [0, 0.1) is 6.92 Å². The fraction of sp³-hybridized carbons (Fsp3) is 0.308. The van der Waals surface area contributed by atoms with E-state index in [-0.39, 0.29) is 0 Å². The average molecular weight is 338 g/mol. The highest BCUT2D eigenvalue weighted by molar-refractivity contribution is 9.10. The highest BCUT2D eigenvalue weighted by Gasteiger charge is 2.03. The van der Waals surface area contributed by atoms with Gasteiger partial charge in [-0.25, -0.2) is 0 Å². The largest absolute Gasteiger partial charge is 0.383 e. The Kier molecular flexibility index (Phi) is 5.25. The number of hydrogen-bond acceptors (Lipinski definition) is 6. The van der Waals surface area contributed by atoms with Crippen molar-refractivity contribution < 1.29 is 4.74 Å². The zero-order chi connectivity index (χ0) is 14.4. The summed E-state index contributed by atoms with van der Waals surface area (Å²) in [5.74, 6) is 1.12. The van der Waals surface area contributed by atoms with E-state index in [0.29, 0.717) is 24.9 Å². The number of nitrogens with zero attached hydrogens (tertiary/aromatic N) is 3. The van der Waals surface area contributed by atoms with Crippen molar-refractivity contribution in [2.75, 3.05) is 30.9 Å². The third kappa shape index (κ3) is 4.14. The number of hydrogen-bond donors (Lipinski definition) is 2. The predicted molar refractivity (Wildman–Crippen MR) is 82.4 cm³/mol. The Morgan fingerprint density at radius 1 is 1.35 bits per heavy atom. The Morgan fingerprint density at radius 2 is 2.20 bits per heavy atom. The molecule has 0 aliphatic carbocycles. The van der Waals surface area contributed by atoms with Crippen LogP contribution in [0.3, 0.4) is 0 Å². The van der Waals surface area contributed by atoms with Crippen molar-refractivity contribution >= 4 is 33.4 Å². The number of nitrogens with one attached hydrogen (secondary N) is 2. The van der Waals surface area contributed by atoms with Crippen molar-refractivity contribution in [3.05, 3.63) is 34.4 Å². The van der Waals surface area contributed by atoms with Gasteiger partial charge in [0.15, 0.2) is 5.82 Å². The first-order valence-corrected chi connectivity index (χ1v) is 6.94. The lowest BCUT2D eigenvalue weighted by atomic mass is 10.2. The molecule has 7 heteroatoms. The molecular formula is C13H16BrN5O. The molecule has 0 saturated carbocycles. The van der Waals surface area contributed by atoms with Gasteiger partial charge in [-0.2, -0.15) is 10.1 Å². The molecule has 0 atom stereocenters. The van der Waals surface area contributed by atoms with Gasteiger partial charge in [0.2, 0.25) is 5.95 Å². The summed E-state index contributed by atoms with van der Waals surface area (Å²) in [6.07, 6.45) is 1.59. The summed E-state index contributed by atoms with van der Waals surface area (Å²) in [7, 11) is 1.65. The van der Waals surface area contributed by atoms with Gasteiger partial charge in [0.25, 0.3) is 0 Å². The number of aromatic nitrogens is 3. The minimum atomic E-state index is 0.474. The van der Waals surface area contributed by atoms with Gasteiger partial charge < -0.3 is 15.4 Å². The van der Waals surface area contributed by atoms with Crippen molar-refractivity contribution in [3.63, 3.8) is 0 Å². The molecule has 0 radical (unpaired) electrons. The molecule has 0 aliphatic rings. The lowest BCUT2D eigenvalue weighted by molar-refractivity contribution is 0.210. The number of benzene rings is 1. The van der Waals surface area contributed by atoms with Gasteiger partial charge >= 0.3 is 0 Å². The van der Waals surface area contributed by atoms with Gasteiger partial charge in [-0.05, 0) is 30.7 Å². The summed E-state index contributed by atoms with van der Waals surface area (Å²) < 4.78 is 6.00. The van der Waals surface area contributed by atoms with Gasteiger partial charge in [0.1, 0.15) is 0 Å². The maximum Gasteiger partial charge on any atom is 0.244 e. The second-order valence-corrected chi connectivity index (χ2v) is 5.08. The van der Waals surface area contributed by atoms with Crippen LogP contribution in [-0.2, 0) is 4.74 Å². The topological polar surface area (TPSA) is 72.0 Å². The molecule has 0 aliphatic heterocycles. The third-order valence-electron chi connectivity index (χ3n) is 2.60. The number of anilines is 3. The van der Waals surface area contributed by atoms with E-state index in [1.165, 1.54) is 0 Å². The monoisotopic (exact) mass is 337 g/mol. The molecule has 0 bridgehead atoms. The zero-order valence-corrected chi connectivity index (χ0v) is 12.9. The maximum absolute atomic E-state index is 4.96. The van der Waals surface area contributed by atoms with Crippen LogP contribution in [0.5, 0.6) is 0 Å². The molecule has 0 fully saturated rings. The molecule has 2 rings (SSSR count). The molecule has 6 nitrogen and oxygen atoms in total. The Labute approximate surface area is 126 Å². The predicted octanol–water partition coefficient (Wildman–Crippen LogP) is 2.74. The van der Waals surface area contributed by atoms with E-state index in [2.05, 4.69) is 41.7 Å². The quantitative estimate of drug-likeness (QED) is 0.789. The molecule has 2 N–H and O–H groups in total. The van der Waals surface area contributed by atoms with Crippen LogP contribution < -0.4 is 10.6 Å². The summed E-state index contributed by atoms with van der Waals surface area (Å²) in [4.78, 5) is 4.34. The second-order valence-electron chi connectivity index (χ2n) is 4.17. The molecule has 20 heavy (non-hydrogen) atoms. The van der Waals surface area contributed by atoms with Gasteiger partial charge in [-0.15, -0.1) is 5.10 Å². The number of halogens is 1. The summed E-state index contributed by atoms with van der Waals surface area (Å²) in [6.45, 7) is 3.26. The summed E-state index contributed by atoms with van der Waals surface area (Å²) in [6, 6.07) is 6.00.